The average molecular weight is 281 g/mol. The maximum atomic E-state index is 9.57. The van der Waals surface area contributed by atoms with E-state index in [0.717, 1.165) is 39.0 Å². The lowest BCUT2D eigenvalue weighted by Gasteiger charge is -2.32. The molecule has 0 saturated heterocycles. The van der Waals surface area contributed by atoms with Crippen molar-refractivity contribution in [3.8, 4) is 6.07 Å². The molecule has 1 fully saturated rings. The van der Waals surface area contributed by atoms with Crippen molar-refractivity contribution in [2.75, 3.05) is 26.8 Å². The van der Waals surface area contributed by atoms with Gasteiger partial charge in [-0.15, -0.1) is 0 Å². The third kappa shape index (κ3) is 5.05. The van der Waals surface area contributed by atoms with E-state index in [4.69, 9.17) is 4.74 Å². The van der Waals surface area contributed by atoms with Crippen molar-refractivity contribution in [1.29, 1.82) is 5.26 Å². The van der Waals surface area contributed by atoms with Crippen LogP contribution in [0.4, 0.5) is 0 Å². The fourth-order valence-corrected chi connectivity index (χ4v) is 3.25. The number of hydrogen-bond donors (Lipinski definition) is 1. The molecule has 0 radical (unpaired) electrons. The smallest absolute Gasteiger partial charge is 0.108 e. The van der Waals surface area contributed by atoms with Crippen LogP contribution in [-0.4, -0.2) is 49.3 Å². The second kappa shape index (κ2) is 7.97. The van der Waals surface area contributed by atoms with E-state index in [1.165, 1.54) is 0 Å². The van der Waals surface area contributed by atoms with E-state index >= 15 is 0 Å². The molecule has 0 heterocycles. The Morgan fingerprint density at radius 3 is 2.60 bits per heavy atom. The number of hydrogen-bond acceptors (Lipinski definition) is 4. The highest BCUT2D eigenvalue weighted by Crippen LogP contribution is 2.33. The van der Waals surface area contributed by atoms with Crippen molar-refractivity contribution in [2.45, 2.75) is 64.6 Å². The fraction of sp³-hybridized carbons (Fsp3) is 0.938. The molecule has 20 heavy (non-hydrogen) atoms. The van der Waals surface area contributed by atoms with Gasteiger partial charge in [0.25, 0.3) is 0 Å². The predicted molar refractivity (Wildman–Crippen MR) is 82.5 cm³/mol. The number of nitrogens with zero attached hydrogens (tertiary/aromatic N) is 2. The first-order valence-electron chi connectivity index (χ1n) is 7.84. The Labute approximate surface area is 124 Å². The van der Waals surface area contributed by atoms with Gasteiger partial charge in [0.1, 0.15) is 5.54 Å². The fourth-order valence-electron chi connectivity index (χ4n) is 3.25. The van der Waals surface area contributed by atoms with E-state index in [9.17, 15) is 5.26 Å². The van der Waals surface area contributed by atoms with Gasteiger partial charge in [0, 0.05) is 32.3 Å². The molecule has 1 N–H and O–H groups in total. The molecule has 0 spiro atoms. The summed E-state index contributed by atoms with van der Waals surface area (Å²) >= 11 is 0. The standard InChI is InChI=1S/C16H31N3O/c1-13(2)11-19(8-9-20-5)15-6-7-16(10-15,12-17)18-14(3)4/h13-15,18H,6-11H2,1-5H3. The molecule has 2 unspecified atom stereocenters. The Bertz CT molecular complexity index is 324. The zero-order valence-corrected chi connectivity index (χ0v) is 13.8. The van der Waals surface area contributed by atoms with Crippen LogP contribution in [0.1, 0.15) is 47.0 Å². The van der Waals surface area contributed by atoms with Crippen LogP contribution in [0.2, 0.25) is 0 Å². The summed E-state index contributed by atoms with van der Waals surface area (Å²) in [6.45, 7) is 11.5. The molecule has 0 bridgehead atoms. The second-order valence-electron chi connectivity index (χ2n) is 6.77. The van der Waals surface area contributed by atoms with Crippen LogP contribution in [-0.2, 0) is 4.74 Å². The molecule has 1 aliphatic rings. The summed E-state index contributed by atoms with van der Waals surface area (Å²) in [5, 5.41) is 13.0. The highest BCUT2D eigenvalue weighted by molar-refractivity contribution is 5.14. The topological polar surface area (TPSA) is 48.3 Å². The molecular weight excluding hydrogens is 250 g/mol. The molecule has 0 aromatic heterocycles. The first-order valence-corrected chi connectivity index (χ1v) is 7.84. The lowest BCUT2D eigenvalue weighted by atomic mass is 9.98. The van der Waals surface area contributed by atoms with Gasteiger partial charge in [-0.1, -0.05) is 13.8 Å². The Morgan fingerprint density at radius 1 is 1.40 bits per heavy atom. The van der Waals surface area contributed by atoms with Gasteiger partial charge in [-0.3, -0.25) is 10.2 Å². The molecule has 1 aliphatic carbocycles. The van der Waals surface area contributed by atoms with Gasteiger partial charge in [-0.05, 0) is 39.0 Å². The van der Waals surface area contributed by atoms with Gasteiger partial charge in [0.05, 0.1) is 12.7 Å². The molecular formula is C16H31N3O. The van der Waals surface area contributed by atoms with E-state index < -0.39 is 0 Å². The minimum absolute atomic E-state index is 0.332. The second-order valence-corrected chi connectivity index (χ2v) is 6.77. The number of nitriles is 1. The number of ether oxygens (including phenoxy) is 1. The molecule has 4 nitrogen and oxygen atoms in total. The van der Waals surface area contributed by atoms with Gasteiger partial charge in [-0.2, -0.15) is 5.26 Å². The van der Waals surface area contributed by atoms with E-state index in [-0.39, 0.29) is 5.54 Å². The first kappa shape index (κ1) is 17.4. The van der Waals surface area contributed by atoms with Crippen LogP contribution < -0.4 is 5.32 Å². The molecule has 0 aromatic carbocycles. The van der Waals surface area contributed by atoms with Gasteiger partial charge in [0.2, 0.25) is 0 Å². The summed E-state index contributed by atoms with van der Waals surface area (Å²) < 4.78 is 5.23. The largest absolute Gasteiger partial charge is 0.383 e. The highest BCUT2D eigenvalue weighted by atomic mass is 16.5. The lowest BCUT2D eigenvalue weighted by Crippen LogP contribution is -2.47. The van der Waals surface area contributed by atoms with Gasteiger partial charge >= 0.3 is 0 Å². The van der Waals surface area contributed by atoms with Gasteiger partial charge in [0.15, 0.2) is 0 Å². The van der Waals surface area contributed by atoms with Crippen molar-refractivity contribution in [3.63, 3.8) is 0 Å². The molecule has 0 aromatic rings. The lowest BCUT2D eigenvalue weighted by molar-refractivity contribution is 0.109. The van der Waals surface area contributed by atoms with E-state index in [1.807, 2.05) is 0 Å². The third-order valence-corrected chi connectivity index (χ3v) is 3.97. The molecule has 0 aliphatic heterocycles. The maximum Gasteiger partial charge on any atom is 0.108 e. The number of nitrogens with one attached hydrogen (secondary N) is 1. The minimum atomic E-state index is -0.332. The van der Waals surface area contributed by atoms with Crippen molar-refractivity contribution in [1.82, 2.24) is 10.2 Å². The molecule has 0 amide bonds. The Kier molecular flexibility index (Phi) is 6.94. The van der Waals surface area contributed by atoms with Crippen LogP contribution >= 0.6 is 0 Å². The van der Waals surface area contributed by atoms with Crippen LogP contribution in [0.3, 0.4) is 0 Å². The van der Waals surface area contributed by atoms with Crippen molar-refractivity contribution in [2.24, 2.45) is 5.92 Å². The molecule has 4 heteroatoms. The molecule has 1 saturated carbocycles. The maximum absolute atomic E-state index is 9.57. The number of rotatable bonds is 8. The van der Waals surface area contributed by atoms with Crippen LogP contribution in [0.15, 0.2) is 0 Å². The summed E-state index contributed by atoms with van der Waals surface area (Å²) in [4.78, 5) is 2.51. The summed E-state index contributed by atoms with van der Waals surface area (Å²) in [6, 6.07) is 3.39. The van der Waals surface area contributed by atoms with Crippen molar-refractivity contribution >= 4 is 0 Å². The zero-order valence-electron chi connectivity index (χ0n) is 13.8. The highest BCUT2D eigenvalue weighted by Gasteiger charge is 2.41. The molecule has 2 atom stereocenters. The summed E-state index contributed by atoms with van der Waals surface area (Å²) in [6.07, 6.45) is 2.98. The number of methoxy groups -OCH3 is 1. The van der Waals surface area contributed by atoms with Crippen molar-refractivity contribution < 1.29 is 4.74 Å². The van der Waals surface area contributed by atoms with E-state index in [2.05, 4.69) is 44.0 Å². The monoisotopic (exact) mass is 281 g/mol. The predicted octanol–water partition coefficient (Wildman–Crippen LogP) is 2.40. The Balaban J connectivity index is 2.67. The Hall–Kier alpha value is -0.630. The third-order valence-electron chi connectivity index (χ3n) is 3.97. The summed E-state index contributed by atoms with van der Waals surface area (Å²) in [5.74, 6) is 0.641. The summed E-state index contributed by atoms with van der Waals surface area (Å²) in [7, 11) is 1.75. The normalized spacial score (nSPS) is 26.6. The van der Waals surface area contributed by atoms with Crippen LogP contribution in [0, 0.1) is 17.2 Å². The molecule has 116 valence electrons. The SMILES string of the molecule is COCCN(CC(C)C)C1CCC(C#N)(NC(C)C)C1. The van der Waals surface area contributed by atoms with Crippen LogP contribution in [0.25, 0.3) is 0 Å². The quantitative estimate of drug-likeness (QED) is 0.742. The van der Waals surface area contributed by atoms with Crippen LogP contribution in [0.5, 0.6) is 0 Å². The van der Waals surface area contributed by atoms with Gasteiger partial charge in [-0.25, -0.2) is 0 Å². The Morgan fingerprint density at radius 2 is 2.10 bits per heavy atom. The average Bonchev–Trinajstić information content (AvgIpc) is 2.78. The molecule has 1 rings (SSSR count). The van der Waals surface area contributed by atoms with Gasteiger partial charge < -0.3 is 4.74 Å². The zero-order chi connectivity index (χ0) is 15.2. The van der Waals surface area contributed by atoms with E-state index in [0.29, 0.717) is 18.0 Å². The van der Waals surface area contributed by atoms with E-state index in [1.54, 1.807) is 7.11 Å². The minimum Gasteiger partial charge on any atom is -0.383 e. The first-order chi connectivity index (χ1) is 9.42. The summed E-state index contributed by atoms with van der Waals surface area (Å²) in [5.41, 5.74) is -0.332. The van der Waals surface area contributed by atoms with Crippen molar-refractivity contribution in [3.05, 3.63) is 0 Å².